The van der Waals surface area contributed by atoms with Crippen LogP contribution in [-0.2, 0) is 26.0 Å². The van der Waals surface area contributed by atoms with Gasteiger partial charge in [-0.05, 0) is 110 Å². The third kappa shape index (κ3) is 3.94. The lowest BCUT2D eigenvalue weighted by molar-refractivity contribution is -0.0933. The van der Waals surface area contributed by atoms with E-state index in [1.165, 1.54) is 0 Å². The summed E-state index contributed by atoms with van der Waals surface area (Å²) in [4.78, 5) is 20.8. The zero-order chi connectivity index (χ0) is 26.3. The second-order valence-corrected chi connectivity index (χ2v) is 13.5. The van der Waals surface area contributed by atoms with Crippen LogP contribution in [-0.4, -0.2) is 53.6 Å². The van der Waals surface area contributed by atoms with Crippen LogP contribution in [0.3, 0.4) is 0 Å². The van der Waals surface area contributed by atoms with Gasteiger partial charge >= 0.3 is 13.2 Å². The second-order valence-electron chi connectivity index (χ2n) is 13.5. The standard InChI is InChI=1S/C28H43BN2O5/c1-17-13-18-14-22-20(15-21(23(30-22)33-9)29-35-26(5,6)27(7,8)36-29)28(16-17)19(18)11-10-12-31(28)24(32)34-25(2,3)4/h15,17-19H,10-14,16H2,1-9H3/t17-,18+,19-,28-/m1/s1. The van der Waals surface area contributed by atoms with Crippen molar-refractivity contribution < 1.29 is 23.6 Å². The normalized spacial score (nSPS) is 32.5. The zero-order valence-corrected chi connectivity index (χ0v) is 23.6. The maximum absolute atomic E-state index is 13.7. The zero-order valence-electron chi connectivity index (χ0n) is 23.6. The van der Waals surface area contributed by atoms with Crippen molar-refractivity contribution >= 4 is 18.7 Å². The van der Waals surface area contributed by atoms with Gasteiger partial charge in [-0.3, -0.25) is 4.90 Å². The summed E-state index contributed by atoms with van der Waals surface area (Å²) in [6, 6.07) is 2.19. The first-order valence-corrected chi connectivity index (χ1v) is 13.6. The molecular weight excluding hydrogens is 455 g/mol. The summed E-state index contributed by atoms with van der Waals surface area (Å²) in [5, 5.41) is 0. The average Bonchev–Trinajstić information content (AvgIpc) is 2.97. The maximum atomic E-state index is 13.7. The highest BCUT2D eigenvalue weighted by molar-refractivity contribution is 6.63. The van der Waals surface area contributed by atoms with Gasteiger partial charge in [-0.25, -0.2) is 9.78 Å². The minimum absolute atomic E-state index is 0.221. The molecule has 4 aliphatic rings. The minimum Gasteiger partial charge on any atom is -0.481 e. The molecule has 0 radical (unpaired) electrons. The van der Waals surface area contributed by atoms with Crippen LogP contribution in [0.1, 0.15) is 92.3 Å². The molecule has 198 valence electrons. The molecule has 1 saturated carbocycles. The lowest BCUT2D eigenvalue weighted by atomic mass is 9.53. The number of carbonyl (C=O) groups excluding carboxylic acids is 1. The molecule has 0 aromatic carbocycles. The fourth-order valence-corrected chi connectivity index (χ4v) is 7.17. The summed E-state index contributed by atoms with van der Waals surface area (Å²) in [7, 11) is 1.07. The van der Waals surface area contributed by atoms with Crippen molar-refractivity contribution in [3.63, 3.8) is 0 Å². The molecule has 5 rings (SSSR count). The van der Waals surface area contributed by atoms with Crippen LogP contribution in [0.15, 0.2) is 6.07 Å². The number of piperidine rings is 1. The van der Waals surface area contributed by atoms with Gasteiger partial charge in [0.2, 0.25) is 5.88 Å². The lowest BCUT2D eigenvalue weighted by Gasteiger charge is -2.61. The number of aromatic nitrogens is 1. The number of hydrogen-bond acceptors (Lipinski definition) is 6. The topological polar surface area (TPSA) is 70.1 Å². The summed E-state index contributed by atoms with van der Waals surface area (Å²) >= 11 is 0. The molecule has 1 amide bonds. The van der Waals surface area contributed by atoms with Crippen molar-refractivity contribution in [1.82, 2.24) is 9.88 Å². The van der Waals surface area contributed by atoms with Gasteiger partial charge in [-0.15, -0.1) is 0 Å². The quantitative estimate of drug-likeness (QED) is 0.544. The molecular formula is C28H43BN2O5. The molecule has 2 aliphatic heterocycles. The third-order valence-electron chi connectivity index (χ3n) is 9.26. The minimum atomic E-state index is -0.588. The van der Waals surface area contributed by atoms with Crippen molar-refractivity contribution in [2.75, 3.05) is 13.7 Å². The van der Waals surface area contributed by atoms with E-state index in [-0.39, 0.29) is 6.09 Å². The van der Waals surface area contributed by atoms with Crippen molar-refractivity contribution in [1.29, 1.82) is 0 Å². The largest absolute Gasteiger partial charge is 0.500 e. The maximum Gasteiger partial charge on any atom is 0.500 e. The Morgan fingerprint density at radius 1 is 1.19 bits per heavy atom. The average molecular weight is 498 g/mol. The van der Waals surface area contributed by atoms with Crippen LogP contribution in [0, 0.1) is 17.8 Å². The van der Waals surface area contributed by atoms with Crippen LogP contribution in [0.25, 0.3) is 0 Å². The fraction of sp³-hybridized carbons (Fsp3) is 0.786. The van der Waals surface area contributed by atoms with Crippen LogP contribution in [0.5, 0.6) is 5.88 Å². The number of fused-ring (bicyclic) bond motifs is 1. The summed E-state index contributed by atoms with van der Waals surface area (Å²) in [5.41, 5.74) is 1.03. The molecule has 3 heterocycles. The summed E-state index contributed by atoms with van der Waals surface area (Å²) < 4.78 is 24.7. The van der Waals surface area contributed by atoms with E-state index >= 15 is 0 Å². The molecule has 3 fully saturated rings. The predicted molar refractivity (Wildman–Crippen MR) is 139 cm³/mol. The van der Waals surface area contributed by atoms with E-state index < -0.39 is 29.5 Å². The summed E-state index contributed by atoms with van der Waals surface area (Å²) in [6.07, 6.45) is 4.89. The smallest absolute Gasteiger partial charge is 0.481 e. The predicted octanol–water partition coefficient (Wildman–Crippen LogP) is 4.83. The number of likely N-dealkylation sites (tertiary alicyclic amines) is 1. The molecule has 2 aliphatic carbocycles. The first-order chi connectivity index (χ1) is 16.7. The van der Waals surface area contributed by atoms with Crippen LogP contribution in [0.2, 0.25) is 0 Å². The second kappa shape index (κ2) is 8.35. The van der Waals surface area contributed by atoms with Gasteiger partial charge < -0.3 is 18.8 Å². The molecule has 0 N–H and O–H groups in total. The Kier molecular flexibility index (Phi) is 6.00. The van der Waals surface area contributed by atoms with E-state index in [0.29, 0.717) is 30.2 Å². The fourth-order valence-electron chi connectivity index (χ4n) is 7.17. The molecule has 2 bridgehead atoms. The molecule has 8 heteroatoms. The SMILES string of the molecule is COc1nc2c(cc1B1OC(C)(C)C(C)(C)O1)[C@@]13C[C@H](C)C[C@@H](C2)[C@H]1CCCN3C(=O)OC(C)(C)C. The number of rotatable bonds is 2. The molecule has 4 atom stereocenters. The van der Waals surface area contributed by atoms with E-state index in [9.17, 15) is 4.79 Å². The molecule has 2 saturated heterocycles. The van der Waals surface area contributed by atoms with Crippen LogP contribution >= 0.6 is 0 Å². The Morgan fingerprint density at radius 3 is 2.47 bits per heavy atom. The van der Waals surface area contributed by atoms with Crippen molar-refractivity contribution in [3.05, 3.63) is 17.3 Å². The van der Waals surface area contributed by atoms with Gasteiger partial charge in [0, 0.05) is 12.0 Å². The van der Waals surface area contributed by atoms with Gasteiger partial charge in [-0.1, -0.05) is 6.92 Å². The highest BCUT2D eigenvalue weighted by Crippen LogP contribution is 2.59. The molecule has 0 unspecified atom stereocenters. The molecule has 7 nitrogen and oxygen atoms in total. The van der Waals surface area contributed by atoms with Gasteiger partial charge in [0.15, 0.2) is 0 Å². The first kappa shape index (κ1) is 25.8. The van der Waals surface area contributed by atoms with Gasteiger partial charge in [0.25, 0.3) is 0 Å². The summed E-state index contributed by atoms with van der Waals surface area (Å²) in [6.45, 7) is 17.1. The Balaban J connectivity index is 1.67. The highest BCUT2D eigenvalue weighted by atomic mass is 16.7. The number of carbonyl (C=O) groups is 1. The molecule has 36 heavy (non-hydrogen) atoms. The van der Waals surface area contributed by atoms with Crippen LogP contribution < -0.4 is 10.2 Å². The Hall–Kier alpha value is -1.80. The number of hydrogen-bond donors (Lipinski definition) is 0. The summed E-state index contributed by atoms with van der Waals surface area (Å²) in [5.74, 6) is 1.94. The van der Waals surface area contributed by atoms with Crippen LogP contribution in [0.4, 0.5) is 4.79 Å². The monoisotopic (exact) mass is 498 g/mol. The van der Waals surface area contributed by atoms with Gasteiger partial charge in [-0.2, -0.15) is 0 Å². The number of pyridine rings is 1. The molecule has 0 spiro atoms. The van der Waals surface area contributed by atoms with Crippen molar-refractivity contribution in [2.24, 2.45) is 17.8 Å². The third-order valence-corrected chi connectivity index (χ3v) is 9.26. The first-order valence-electron chi connectivity index (χ1n) is 13.6. The van der Waals surface area contributed by atoms with E-state index in [2.05, 4.69) is 45.6 Å². The number of nitrogens with zero attached hydrogens (tertiary/aromatic N) is 2. The van der Waals surface area contributed by atoms with E-state index in [1.807, 2.05) is 20.8 Å². The van der Waals surface area contributed by atoms with Crippen molar-refractivity contribution in [2.45, 2.75) is 110 Å². The lowest BCUT2D eigenvalue weighted by Crippen LogP contribution is -2.64. The molecule has 1 aromatic rings. The number of amides is 1. The molecule has 1 aromatic heterocycles. The van der Waals surface area contributed by atoms with Crippen molar-refractivity contribution in [3.8, 4) is 5.88 Å². The van der Waals surface area contributed by atoms with Gasteiger partial charge in [0.1, 0.15) is 5.60 Å². The van der Waals surface area contributed by atoms with E-state index in [1.54, 1.807) is 7.11 Å². The Morgan fingerprint density at radius 2 is 1.86 bits per heavy atom. The van der Waals surface area contributed by atoms with Gasteiger partial charge in [0.05, 0.1) is 29.5 Å². The van der Waals surface area contributed by atoms with E-state index in [0.717, 1.165) is 48.8 Å². The highest BCUT2D eigenvalue weighted by Gasteiger charge is 2.60. The van der Waals surface area contributed by atoms with E-state index in [4.69, 9.17) is 23.8 Å². The number of methoxy groups -OCH3 is 1. The number of ether oxygens (including phenoxy) is 2. The Labute approximate surface area is 216 Å². The Bertz CT molecular complexity index is 1040.